The Morgan fingerprint density at radius 3 is 2.48 bits per heavy atom. The standard InChI is InChI=1S/C22H24N4O3/c1-26-13-19(12-24-26)16-7-8-17-11-23-20(10-18(17)9-16)25-21(27)14-3-5-15(6-4-14)22(28)29-2/h7-15H,3-6H2,1-2H3,(H,23,25,27). The molecule has 1 amide bonds. The molecule has 1 aromatic carbocycles. The number of hydrogen-bond donors (Lipinski definition) is 1. The molecule has 1 fully saturated rings. The lowest BCUT2D eigenvalue weighted by atomic mass is 9.81. The van der Waals surface area contributed by atoms with Gasteiger partial charge in [0.15, 0.2) is 0 Å². The zero-order valence-electron chi connectivity index (χ0n) is 16.6. The molecule has 0 aliphatic heterocycles. The van der Waals surface area contributed by atoms with Crippen LogP contribution in [0.4, 0.5) is 5.82 Å². The van der Waals surface area contributed by atoms with E-state index in [4.69, 9.17) is 4.74 Å². The van der Waals surface area contributed by atoms with Crippen LogP contribution in [-0.2, 0) is 21.4 Å². The fourth-order valence-corrected chi connectivity index (χ4v) is 3.95. The van der Waals surface area contributed by atoms with E-state index in [0.717, 1.165) is 21.9 Å². The summed E-state index contributed by atoms with van der Waals surface area (Å²) in [6.45, 7) is 0. The Kier molecular flexibility index (Phi) is 5.29. The third-order valence-corrected chi connectivity index (χ3v) is 5.64. The number of benzene rings is 1. The molecule has 0 bridgehead atoms. The van der Waals surface area contributed by atoms with E-state index in [0.29, 0.717) is 31.5 Å². The van der Waals surface area contributed by atoms with Gasteiger partial charge in [-0.05, 0) is 48.8 Å². The van der Waals surface area contributed by atoms with Gasteiger partial charge >= 0.3 is 5.97 Å². The molecule has 0 atom stereocenters. The number of aryl methyl sites for hydroxylation is 1. The van der Waals surface area contributed by atoms with E-state index >= 15 is 0 Å². The van der Waals surface area contributed by atoms with E-state index in [9.17, 15) is 9.59 Å². The highest BCUT2D eigenvalue weighted by atomic mass is 16.5. The van der Waals surface area contributed by atoms with Crippen molar-refractivity contribution in [1.29, 1.82) is 0 Å². The Labute approximate surface area is 169 Å². The van der Waals surface area contributed by atoms with Crippen molar-refractivity contribution in [3.63, 3.8) is 0 Å². The maximum absolute atomic E-state index is 12.7. The number of hydrogen-bond acceptors (Lipinski definition) is 5. The Balaban J connectivity index is 1.46. The van der Waals surface area contributed by atoms with Crippen molar-refractivity contribution in [3.05, 3.63) is 42.9 Å². The normalized spacial score (nSPS) is 19.1. The van der Waals surface area contributed by atoms with Crippen LogP contribution in [0.1, 0.15) is 25.7 Å². The SMILES string of the molecule is COC(=O)C1CCC(C(=O)Nc2cc3cc(-c4cnn(C)c4)ccc3cn2)CC1. The van der Waals surface area contributed by atoms with Crippen LogP contribution in [0.25, 0.3) is 21.9 Å². The van der Waals surface area contributed by atoms with E-state index in [1.807, 2.05) is 37.6 Å². The van der Waals surface area contributed by atoms with E-state index in [1.54, 1.807) is 10.9 Å². The van der Waals surface area contributed by atoms with Gasteiger partial charge in [0.05, 0.1) is 19.2 Å². The maximum atomic E-state index is 12.7. The minimum Gasteiger partial charge on any atom is -0.469 e. The number of esters is 1. The van der Waals surface area contributed by atoms with Crippen LogP contribution in [0.15, 0.2) is 42.9 Å². The second kappa shape index (κ2) is 8.03. The average Bonchev–Trinajstić information content (AvgIpc) is 3.19. The number of rotatable bonds is 4. The number of nitrogens with one attached hydrogen (secondary N) is 1. The Bertz CT molecular complexity index is 1050. The molecule has 2 heterocycles. The van der Waals surface area contributed by atoms with E-state index in [2.05, 4.69) is 21.5 Å². The lowest BCUT2D eigenvalue weighted by Crippen LogP contribution is -2.30. The summed E-state index contributed by atoms with van der Waals surface area (Å²) in [5.41, 5.74) is 2.11. The predicted octanol–water partition coefficient (Wildman–Crippen LogP) is 3.55. The molecule has 7 heteroatoms. The summed E-state index contributed by atoms with van der Waals surface area (Å²) in [6, 6.07) is 8.03. The predicted molar refractivity (Wildman–Crippen MR) is 110 cm³/mol. The Morgan fingerprint density at radius 2 is 1.79 bits per heavy atom. The highest BCUT2D eigenvalue weighted by Crippen LogP contribution is 2.31. The van der Waals surface area contributed by atoms with Crippen LogP contribution in [-0.4, -0.2) is 33.8 Å². The number of amides is 1. The molecule has 29 heavy (non-hydrogen) atoms. The van der Waals surface area contributed by atoms with Gasteiger partial charge in [-0.1, -0.05) is 12.1 Å². The minimum absolute atomic E-state index is 0.0384. The summed E-state index contributed by atoms with van der Waals surface area (Å²) < 4.78 is 6.58. The van der Waals surface area contributed by atoms with E-state index in [-0.39, 0.29) is 23.7 Å². The number of pyridine rings is 1. The van der Waals surface area contributed by atoms with Crippen LogP contribution in [0.5, 0.6) is 0 Å². The van der Waals surface area contributed by atoms with Crippen LogP contribution in [0, 0.1) is 11.8 Å². The highest BCUT2D eigenvalue weighted by molar-refractivity contribution is 5.95. The van der Waals surface area contributed by atoms with Gasteiger partial charge in [0.25, 0.3) is 0 Å². The number of carbonyl (C=O) groups excluding carboxylic acids is 2. The van der Waals surface area contributed by atoms with Gasteiger partial charge in [-0.3, -0.25) is 14.3 Å². The van der Waals surface area contributed by atoms with Crippen molar-refractivity contribution in [3.8, 4) is 11.1 Å². The van der Waals surface area contributed by atoms with Crippen molar-refractivity contribution in [2.24, 2.45) is 18.9 Å². The van der Waals surface area contributed by atoms with Crippen LogP contribution in [0.3, 0.4) is 0 Å². The van der Waals surface area contributed by atoms with E-state index < -0.39 is 0 Å². The van der Waals surface area contributed by atoms with E-state index in [1.165, 1.54) is 7.11 Å². The number of nitrogens with zero attached hydrogens (tertiary/aromatic N) is 3. The number of methoxy groups -OCH3 is 1. The average molecular weight is 392 g/mol. The number of aromatic nitrogens is 3. The number of fused-ring (bicyclic) bond motifs is 1. The molecule has 1 saturated carbocycles. The van der Waals surface area contributed by atoms with Crippen molar-refractivity contribution < 1.29 is 14.3 Å². The first-order chi connectivity index (χ1) is 14.0. The fraction of sp³-hybridized carbons (Fsp3) is 0.364. The van der Waals surface area contributed by atoms with Gasteiger partial charge in [-0.15, -0.1) is 0 Å². The van der Waals surface area contributed by atoms with Crippen molar-refractivity contribution >= 4 is 28.5 Å². The molecule has 2 aromatic heterocycles. The van der Waals surface area contributed by atoms with Gasteiger partial charge in [0, 0.05) is 36.3 Å². The first-order valence-electron chi connectivity index (χ1n) is 9.81. The fourth-order valence-electron chi connectivity index (χ4n) is 3.95. The zero-order valence-corrected chi connectivity index (χ0v) is 16.6. The summed E-state index contributed by atoms with van der Waals surface area (Å²) in [4.78, 5) is 28.7. The van der Waals surface area contributed by atoms with Crippen molar-refractivity contribution in [2.45, 2.75) is 25.7 Å². The smallest absolute Gasteiger partial charge is 0.308 e. The summed E-state index contributed by atoms with van der Waals surface area (Å²) in [7, 11) is 3.30. The number of carbonyl (C=O) groups is 2. The summed E-state index contributed by atoms with van der Waals surface area (Å²) in [5.74, 6) is 0.137. The van der Waals surface area contributed by atoms with Crippen molar-refractivity contribution in [1.82, 2.24) is 14.8 Å². The van der Waals surface area contributed by atoms with Gasteiger partial charge in [0.2, 0.25) is 5.91 Å². The summed E-state index contributed by atoms with van der Waals surface area (Å²) in [5, 5.41) is 9.18. The molecule has 0 saturated heterocycles. The molecule has 150 valence electrons. The first kappa shape index (κ1) is 19.1. The summed E-state index contributed by atoms with van der Waals surface area (Å²) >= 11 is 0. The molecule has 0 radical (unpaired) electrons. The van der Waals surface area contributed by atoms with Crippen molar-refractivity contribution in [2.75, 3.05) is 12.4 Å². The third-order valence-electron chi connectivity index (χ3n) is 5.64. The molecule has 4 rings (SSSR count). The quantitative estimate of drug-likeness (QED) is 0.686. The zero-order chi connectivity index (χ0) is 20.4. The molecule has 0 spiro atoms. The molecule has 3 aromatic rings. The Hall–Kier alpha value is -3.22. The van der Waals surface area contributed by atoms with Crippen LogP contribution in [0.2, 0.25) is 0 Å². The molecule has 1 aliphatic carbocycles. The van der Waals surface area contributed by atoms with Gasteiger partial charge in [-0.25, -0.2) is 4.98 Å². The second-order valence-corrected chi connectivity index (χ2v) is 7.60. The topological polar surface area (TPSA) is 86.1 Å². The Morgan fingerprint density at radius 1 is 1.03 bits per heavy atom. The molecule has 0 unspecified atom stereocenters. The van der Waals surface area contributed by atoms with Gasteiger partial charge < -0.3 is 10.1 Å². The molecule has 7 nitrogen and oxygen atoms in total. The third kappa shape index (κ3) is 4.13. The number of ether oxygens (including phenoxy) is 1. The highest BCUT2D eigenvalue weighted by Gasteiger charge is 2.30. The lowest BCUT2D eigenvalue weighted by Gasteiger charge is -2.25. The van der Waals surface area contributed by atoms with Gasteiger partial charge in [-0.2, -0.15) is 5.10 Å². The second-order valence-electron chi connectivity index (χ2n) is 7.60. The molecular weight excluding hydrogens is 368 g/mol. The lowest BCUT2D eigenvalue weighted by molar-refractivity contribution is -0.147. The maximum Gasteiger partial charge on any atom is 0.308 e. The summed E-state index contributed by atoms with van der Waals surface area (Å²) in [6.07, 6.45) is 8.31. The van der Waals surface area contributed by atoms with Crippen LogP contribution >= 0.6 is 0 Å². The van der Waals surface area contributed by atoms with Crippen LogP contribution < -0.4 is 5.32 Å². The number of anilines is 1. The molecule has 1 aliphatic rings. The molecular formula is C22H24N4O3. The molecule has 1 N–H and O–H groups in total. The first-order valence-corrected chi connectivity index (χ1v) is 9.81. The largest absolute Gasteiger partial charge is 0.469 e. The monoisotopic (exact) mass is 392 g/mol. The minimum atomic E-state index is -0.176. The van der Waals surface area contributed by atoms with Gasteiger partial charge in [0.1, 0.15) is 5.82 Å².